The third-order valence-corrected chi connectivity index (χ3v) is 4.50. The van der Waals surface area contributed by atoms with Crippen molar-refractivity contribution in [1.29, 1.82) is 0 Å². The summed E-state index contributed by atoms with van der Waals surface area (Å²) in [6.45, 7) is 4.91. The number of alkyl halides is 4. The van der Waals surface area contributed by atoms with Gasteiger partial charge in [-0.2, -0.15) is 10.2 Å². The summed E-state index contributed by atoms with van der Waals surface area (Å²) in [5.41, 5.74) is -1.25. The first-order valence-corrected chi connectivity index (χ1v) is 8.89. The number of aromatic amines is 2. The van der Waals surface area contributed by atoms with E-state index in [1.807, 2.05) is 6.92 Å². The van der Waals surface area contributed by atoms with Crippen LogP contribution in [0.25, 0.3) is 0 Å². The summed E-state index contributed by atoms with van der Waals surface area (Å²) in [7, 11) is 0. The number of aryl methyl sites for hydroxylation is 2. The number of nitrogens with zero attached hydrogens (tertiary/aromatic N) is 2. The molecule has 0 bridgehead atoms. The summed E-state index contributed by atoms with van der Waals surface area (Å²) in [5, 5.41) is 16.7. The molecule has 29 heavy (non-hydrogen) atoms. The van der Waals surface area contributed by atoms with Gasteiger partial charge >= 0.3 is 0 Å². The molecule has 0 aromatic carbocycles. The molecule has 2 heterocycles. The Morgan fingerprint density at radius 1 is 0.862 bits per heavy atom. The number of rotatable bonds is 9. The van der Waals surface area contributed by atoms with Crippen molar-refractivity contribution in [1.82, 2.24) is 31.0 Å². The molecule has 0 aliphatic rings. The topological polar surface area (TPSA) is 116 Å². The van der Waals surface area contributed by atoms with Crippen molar-refractivity contribution < 1.29 is 27.2 Å². The number of H-pyrrole nitrogens is 2. The van der Waals surface area contributed by atoms with Crippen LogP contribution in [0, 0.1) is 19.8 Å². The molecule has 0 unspecified atom stereocenters. The fourth-order valence-corrected chi connectivity index (χ4v) is 2.80. The van der Waals surface area contributed by atoms with Gasteiger partial charge in [0.15, 0.2) is 0 Å². The second-order valence-electron chi connectivity index (χ2n) is 6.51. The Hall–Kier alpha value is -2.92. The molecule has 0 saturated carbocycles. The van der Waals surface area contributed by atoms with Gasteiger partial charge < -0.3 is 10.6 Å². The lowest BCUT2D eigenvalue weighted by Gasteiger charge is -2.17. The molecule has 4 N–H and O–H groups in total. The van der Waals surface area contributed by atoms with Crippen molar-refractivity contribution in [2.24, 2.45) is 5.92 Å². The minimum Gasteiger partial charge on any atom is -0.352 e. The molecule has 2 aromatic rings. The van der Waals surface area contributed by atoms with Crippen LogP contribution in [-0.4, -0.2) is 45.3 Å². The standard InChI is InChI=1S/C17H22F4N6O2/c1-4-9(5-22-16(28)10-7(2)24-26-12(10)14(18)19)6-23-17(29)11-8(3)25-27-13(11)15(20)21/h9,14-15H,4-6H2,1-3H3,(H,22,28)(H,23,29)(H,24,26)(H,25,27). The summed E-state index contributed by atoms with van der Waals surface area (Å²) in [4.78, 5) is 24.5. The second-order valence-corrected chi connectivity index (χ2v) is 6.51. The largest absolute Gasteiger partial charge is 0.352 e. The third-order valence-electron chi connectivity index (χ3n) is 4.50. The lowest BCUT2D eigenvalue weighted by Crippen LogP contribution is -2.37. The number of halogens is 4. The molecule has 0 radical (unpaired) electrons. The molecule has 0 spiro atoms. The Morgan fingerprint density at radius 2 is 1.24 bits per heavy atom. The van der Waals surface area contributed by atoms with Gasteiger partial charge in [0.2, 0.25) is 0 Å². The first-order valence-electron chi connectivity index (χ1n) is 8.89. The SMILES string of the molecule is CCC(CNC(=O)c1c(C(F)F)n[nH]c1C)CNC(=O)c1c(C(F)F)n[nH]c1C. The van der Waals surface area contributed by atoms with E-state index in [4.69, 9.17) is 0 Å². The van der Waals surface area contributed by atoms with E-state index in [-0.39, 0.29) is 41.5 Å². The van der Waals surface area contributed by atoms with E-state index in [1.165, 1.54) is 13.8 Å². The highest BCUT2D eigenvalue weighted by molar-refractivity contribution is 5.97. The maximum atomic E-state index is 13.0. The number of hydrogen-bond acceptors (Lipinski definition) is 4. The van der Waals surface area contributed by atoms with Gasteiger partial charge in [-0.25, -0.2) is 17.6 Å². The maximum Gasteiger partial charge on any atom is 0.282 e. The Bertz CT molecular complexity index is 796. The normalized spacial score (nSPS) is 11.5. The number of aromatic nitrogens is 4. The highest BCUT2D eigenvalue weighted by Crippen LogP contribution is 2.23. The number of hydrogen-bond donors (Lipinski definition) is 4. The van der Waals surface area contributed by atoms with Crippen LogP contribution < -0.4 is 10.6 Å². The Morgan fingerprint density at radius 3 is 1.55 bits per heavy atom. The molecule has 8 nitrogen and oxygen atoms in total. The summed E-state index contributed by atoms with van der Waals surface area (Å²) < 4.78 is 51.8. The summed E-state index contributed by atoms with van der Waals surface area (Å²) >= 11 is 0. The van der Waals surface area contributed by atoms with Crippen LogP contribution in [0.3, 0.4) is 0 Å². The summed E-state index contributed by atoms with van der Waals surface area (Å²) in [6, 6.07) is 0. The van der Waals surface area contributed by atoms with E-state index in [9.17, 15) is 27.2 Å². The number of nitrogens with one attached hydrogen (secondary N) is 4. The predicted molar refractivity (Wildman–Crippen MR) is 95.0 cm³/mol. The predicted octanol–water partition coefficient (Wildman–Crippen LogP) is 2.81. The zero-order chi connectivity index (χ0) is 21.7. The van der Waals surface area contributed by atoms with Crippen LogP contribution in [-0.2, 0) is 0 Å². The highest BCUT2D eigenvalue weighted by Gasteiger charge is 2.26. The van der Waals surface area contributed by atoms with Crippen LogP contribution in [0.15, 0.2) is 0 Å². The molecule has 0 fully saturated rings. The third kappa shape index (κ3) is 5.12. The lowest BCUT2D eigenvalue weighted by atomic mass is 10.1. The fourth-order valence-electron chi connectivity index (χ4n) is 2.80. The first kappa shape index (κ1) is 22.4. The second kappa shape index (κ2) is 9.52. The minimum absolute atomic E-state index is 0.0922. The van der Waals surface area contributed by atoms with Gasteiger partial charge in [-0.15, -0.1) is 0 Å². The molecular formula is C17H22F4N6O2. The summed E-state index contributed by atoms with van der Waals surface area (Å²) in [6.07, 6.45) is -5.26. The van der Waals surface area contributed by atoms with Gasteiger partial charge in [0.05, 0.1) is 11.1 Å². The van der Waals surface area contributed by atoms with Gasteiger partial charge in [-0.05, 0) is 26.2 Å². The van der Waals surface area contributed by atoms with Gasteiger partial charge in [-0.1, -0.05) is 6.92 Å². The molecule has 0 saturated heterocycles. The Kier molecular flexibility index (Phi) is 7.35. The molecule has 0 aliphatic carbocycles. The Balaban J connectivity index is 1.96. The van der Waals surface area contributed by atoms with Crippen molar-refractivity contribution in [2.75, 3.05) is 13.1 Å². The average Bonchev–Trinajstić information content (AvgIpc) is 3.24. The molecule has 0 atom stereocenters. The Labute approximate surface area is 163 Å². The van der Waals surface area contributed by atoms with Crippen molar-refractivity contribution in [3.63, 3.8) is 0 Å². The maximum absolute atomic E-state index is 13.0. The van der Waals surface area contributed by atoms with Crippen molar-refractivity contribution in [3.05, 3.63) is 33.9 Å². The summed E-state index contributed by atoms with van der Waals surface area (Å²) in [5.74, 6) is -1.66. The van der Waals surface area contributed by atoms with Gasteiger partial charge in [0, 0.05) is 24.5 Å². The molecule has 2 aromatic heterocycles. The molecular weight excluding hydrogens is 396 g/mol. The van der Waals surface area contributed by atoms with Crippen molar-refractivity contribution >= 4 is 11.8 Å². The van der Waals surface area contributed by atoms with Crippen LogP contribution in [0.5, 0.6) is 0 Å². The van der Waals surface area contributed by atoms with E-state index in [2.05, 4.69) is 31.0 Å². The zero-order valence-corrected chi connectivity index (χ0v) is 16.1. The minimum atomic E-state index is -2.90. The highest BCUT2D eigenvalue weighted by atomic mass is 19.3. The van der Waals surface area contributed by atoms with Crippen LogP contribution in [0.4, 0.5) is 17.6 Å². The fraction of sp³-hybridized carbons (Fsp3) is 0.529. The zero-order valence-electron chi connectivity index (χ0n) is 16.1. The average molecular weight is 418 g/mol. The van der Waals surface area contributed by atoms with Gasteiger partial charge in [0.25, 0.3) is 24.7 Å². The van der Waals surface area contributed by atoms with Crippen LogP contribution in [0.1, 0.15) is 69.7 Å². The van der Waals surface area contributed by atoms with E-state index in [0.717, 1.165) is 0 Å². The van der Waals surface area contributed by atoms with E-state index < -0.39 is 36.1 Å². The smallest absolute Gasteiger partial charge is 0.282 e. The van der Waals surface area contributed by atoms with E-state index in [1.54, 1.807) is 0 Å². The monoisotopic (exact) mass is 418 g/mol. The first-order chi connectivity index (χ1) is 13.7. The van der Waals surface area contributed by atoms with Crippen molar-refractivity contribution in [2.45, 2.75) is 40.0 Å². The molecule has 2 rings (SSSR count). The quantitative estimate of drug-likeness (QED) is 0.469. The van der Waals surface area contributed by atoms with E-state index in [0.29, 0.717) is 6.42 Å². The molecule has 12 heteroatoms. The van der Waals surface area contributed by atoms with Crippen molar-refractivity contribution in [3.8, 4) is 0 Å². The van der Waals surface area contributed by atoms with Crippen LogP contribution >= 0.6 is 0 Å². The lowest BCUT2D eigenvalue weighted by molar-refractivity contribution is 0.0922. The molecule has 160 valence electrons. The van der Waals surface area contributed by atoms with Gasteiger partial charge in [-0.3, -0.25) is 19.8 Å². The molecule has 2 amide bonds. The number of carbonyl (C=O) groups is 2. The van der Waals surface area contributed by atoms with Crippen LogP contribution in [0.2, 0.25) is 0 Å². The number of carbonyl (C=O) groups excluding carboxylic acids is 2. The number of amides is 2. The molecule has 0 aliphatic heterocycles. The van der Waals surface area contributed by atoms with E-state index >= 15 is 0 Å². The van der Waals surface area contributed by atoms with Gasteiger partial charge in [0.1, 0.15) is 11.4 Å².